The molecule has 3 heteroatoms. The van der Waals surface area contributed by atoms with Crippen molar-refractivity contribution >= 4 is 39.7 Å². The van der Waals surface area contributed by atoms with Crippen molar-refractivity contribution in [3.05, 3.63) is 94.5 Å². The number of hydrogen-bond acceptors (Lipinski definition) is 2. The van der Waals surface area contributed by atoms with Gasteiger partial charge in [-0.15, -0.1) is 0 Å². The third-order valence-electron chi connectivity index (χ3n) is 3.28. The van der Waals surface area contributed by atoms with Gasteiger partial charge in [-0.2, -0.15) is 0 Å². The van der Waals surface area contributed by atoms with E-state index in [4.69, 9.17) is 0 Å². The van der Waals surface area contributed by atoms with E-state index < -0.39 is 0 Å². The van der Waals surface area contributed by atoms with Crippen LogP contribution in [0, 0.1) is 0 Å². The molecule has 3 aromatic rings. The number of hydrogen-bond donors (Lipinski definition) is 0. The molecule has 0 saturated heterocycles. The summed E-state index contributed by atoms with van der Waals surface area (Å²) in [5.41, 5.74) is 3.90. The largest absolute Gasteiger partial charge is 0.256 e. The highest BCUT2D eigenvalue weighted by Gasteiger charge is 2.02. The fourth-order valence-electron chi connectivity index (χ4n) is 2.08. The normalized spacial score (nSPS) is 11.3. The second kappa shape index (κ2) is 7.65. The minimum absolute atomic E-state index is 0.933. The van der Waals surface area contributed by atoms with Crippen molar-refractivity contribution in [3.63, 3.8) is 0 Å². The molecule has 3 rings (SSSR count). The van der Waals surface area contributed by atoms with Gasteiger partial charge in [-0.3, -0.25) is 9.98 Å². The summed E-state index contributed by atoms with van der Waals surface area (Å²) in [7, 11) is 0. The molecular weight excluding hydrogens is 348 g/mol. The lowest BCUT2D eigenvalue weighted by Gasteiger charge is -2.02. The van der Waals surface area contributed by atoms with Crippen LogP contribution in [0.4, 0.5) is 11.4 Å². The van der Waals surface area contributed by atoms with Gasteiger partial charge in [-0.05, 0) is 40.2 Å². The predicted molar refractivity (Wildman–Crippen MR) is 102 cm³/mol. The maximum Gasteiger partial charge on any atom is 0.0629 e. The molecule has 0 atom stereocenters. The summed E-state index contributed by atoms with van der Waals surface area (Å²) in [6.45, 7) is 0. The molecule has 0 fully saturated rings. The van der Waals surface area contributed by atoms with E-state index in [2.05, 4.69) is 25.9 Å². The SMILES string of the molecule is Brc1c(C=Nc2ccccc2)cccc1C=Nc1ccccc1. The Labute approximate surface area is 144 Å². The van der Waals surface area contributed by atoms with E-state index >= 15 is 0 Å². The van der Waals surface area contributed by atoms with Crippen molar-refractivity contribution in [1.29, 1.82) is 0 Å². The van der Waals surface area contributed by atoms with Crippen molar-refractivity contribution in [3.8, 4) is 0 Å². The summed E-state index contributed by atoms with van der Waals surface area (Å²) < 4.78 is 0.986. The Morgan fingerprint density at radius 1 is 0.565 bits per heavy atom. The van der Waals surface area contributed by atoms with Crippen molar-refractivity contribution < 1.29 is 0 Å². The molecule has 0 aliphatic rings. The molecule has 0 spiro atoms. The van der Waals surface area contributed by atoms with Gasteiger partial charge in [-0.25, -0.2) is 0 Å². The fourth-order valence-corrected chi connectivity index (χ4v) is 2.55. The summed E-state index contributed by atoms with van der Waals surface area (Å²) in [4.78, 5) is 8.99. The molecule has 0 N–H and O–H groups in total. The molecule has 0 amide bonds. The topological polar surface area (TPSA) is 24.7 Å². The molecule has 3 aromatic carbocycles. The second-order valence-electron chi connectivity index (χ2n) is 4.94. The molecule has 23 heavy (non-hydrogen) atoms. The van der Waals surface area contributed by atoms with Crippen LogP contribution in [-0.4, -0.2) is 12.4 Å². The molecule has 0 unspecified atom stereocenters. The van der Waals surface area contributed by atoms with Crippen LogP contribution in [0.5, 0.6) is 0 Å². The zero-order valence-corrected chi connectivity index (χ0v) is 14.0. The fraction of sp³-hybridized carbons (Fsp3) is 0. The molecule has 0 aliphatic carbocycles. The first kappa shape index (κ1) is 15.4. The van der Waals surface area contributed by atoms with Crippen LogP contribution >= 0.6 is 15.9 Å². The van der Waals surface area contributed by atoms with Crippen molar-refractivity contribution in [2.75, 3.05) is 0 Å². The van der Waals surface area contributed by atoms with E-state index in [9.17, 15) is 0 Å². The molecular formula is C20H15BrN2. The smallest absolute Gasteiger partial charge is 0.0629 e. The number of aliphatic imine (C=N–C) groups is 2. The summed E-state index contributed by atoms with van der Waals surface area (Å²) in [5, 5.41) is 0. The second-order valence-corrected chi connectivity index (χ2v) is 5.73. The Balaban J connectivity index is 1.84. The zero-order chi connectivity index (χ0) is 15.9. The van der Waals surface area contributed by atoms with Gasteiger partial charge in [0.25, 0.3) is 0 Å². The highest BCUT2D eigenvalue weighted by Crippen LogP contribution is 2.21. The highest BCUT2D eigenvalue weighted by molar-refractivity contribution is 9.10. The Hall–Kier alpha value is -2.52. The van der Waals surface area contributed by atoms with Gasteiger partial charge in [0.15, 0.2) is 0 Å². The minimum atomic E-state index is 0.933. The number of rotatable bonds is 4. The van der Waals surface area contributed by atoms with Crippen LogP contribution in [0.15, 0.2) is 93.3 Å². The Kier molecular flexibility index (Phi) is 5.12. The summed E-state index contributed by atoms with van der Waals surface area (Å²) in [6, 6.07) is 25.8. The maximum absolute atomic E-state index is 4.50. The van der Waals surface area contributed by atoms with Crippen LogP contribution in [0.25, 0.3) is 0 Å². The van der Waals surface area contributed by atoms with Crippen LogP contribution in [0.3, 0.4) is 0 Å². The van der Waals surface area contributed by atoms with Gasteiger partial charge in [0.05, 0.1) is 11.4 Å². The Bertz CT molecular complexity index is 757. The summed E-state index contributed by atoms with van der Waals surface area (Å²) in [5.74, 6) is 0. The van der Waals surface area contributed by atoms with Crippen LogP contribution < -0.4 is 0 Å². The first-order valence-electron chi connectivity index (χ1n) is 7.30. The number of halogens is 1. The predicted octanol–water partition coefficient (Wildman–Crippen LogP) is 5.95. The van der Waals surface area contributed by atoms with Gasteiger partial charge in [0, 0.05) is 28.0 Å². The maximum atomic E-state index is 4.50. The molecule has 2 nitrogen and oxygen atoms in total. The lowest BCUT2D eigenvalue weighted by atomic mass is 10.1. The molecule has 0 saturated carbocycles. The van der Waals surface area contributed by atoms with Gasteiger partial charge in [0.2, 0.25) is 0 Å². The first-order valence-corrected chi connectivity index (χ1v) is 8.09. The van der Waals surface area contributed by atoms with E-state index in [-0.39, 0.29) is 0 Å². The molecule has 0 aliphatic heterocycles. The molecule has 0 aromatic heterocycles. The zero-order valence-electron chi connectivity index (χ0n) is 12.4. The Morgan fingerprint density at radius 2 is 1.00 bits per heavy atom. The Morgan fingerprint density at radius 3 is 1.43 bits per heavy atom. The van der Waals surface area contributed by atoms with Gasteiger partial charge in [-0.1, -0.05) is 54.6 Å². The van der Waals surface area contributed by atoms with Crippen LogP contribution in [-0.2, 0) is 0 Å². The minimum Gasteiger partial charge on any atom is -0.256 e. The summed E-state index contributed by atoms with van der Waals surface area (Å²) in [6.07, 6.45) is 3.72. The molecule has 0 bridgehead atoms. The monoisotopic (exact) mass is 362 g/mol. The van der Waals surface area contributed by atoms with Crippen molar-refractivity contribution in [2.24, 2.45) is 9.98 Å². The molecule has 0 radical (unpaired) electrons. The number of nitrogens with zero attached hydrogens (tertiary/aromatic N) is 2. The third kappa shape index (κ3) is 4.24. The first-order chi connectivity index (χ1) is 11.3. The third-order valence-corrected chi connectivity index (χ3v) is 4.19. The van der Waals surface area contributed by atoms with Gasteiger partial charge in [0.1, 0.15) is 0 Å². The number of benzene rings is 3. The lowest BCUT2D eigenvalue weighted by molar-refractivity contribution is 1.49. The van der Waals surface area contributed by atoms with E-state index in [1.165, 1.54) is 0 Å². The molecule has 112 valence electrons. The van der Waals surface area contributed by atoms with E-state index in [1.54, 1.807) is 0 Å². The van der Waals surface area contributed by atoms with Gasteiger partial charge >= 0.3 is 0 Å². The highest BCUT2D eigenvalue weighted by atomic mass is 79.9. The quantitative estimate of drug-likeness (QED) is 0.512. The van der Waals surface area contributed by atoms with Crippen molar-refractivity contribution in [1.82, 2.24) is 0 Å². The lowest BCUT2D eigenvalue weighted by Crippen LogP contribution is -1.90. The average molecular weight is 363 g/mol. The average Bonchev–Trinajstić information content (AvgIpc) is 2.61. The standard InChI is InChI=1S/C20H15BrN2/c21-20-16(14-22-18-10-3-1-4-11-18)8-7-9-17(20)15-23-19-12-5-2-6-13-19/h1-15H. The number of para-hydroxylation sites is 2. The van der Waals surface area contributed by atoms with E-state index in [0.717, 1.165) is 27.0 Å². The van der Waals surface area contributed by atoms with E-state index in [1.807, 2.05) is 91.3 Å². The summed E-state index contributed by atoms with van der Waals surface area (Å²) >= 11 is 3.65. The molecule has 0 heterocycles. The van der Waals surface area contributed by atoms with Crippen LogP contribution in [0.1, 0.15) is 11.1 Å². The van der Waals surface area contributed by atoms with Gasteiger partial charge < -0.3 is 0 Å². The van der Waals surface area contributed by atoms with Crippen molar-refractivity contribution in [2.45, 2.75) is 0 Å². The van der Waals surface area contributed by atoms with E-state index in [0.29, 0.717) is 0 Å². The van der Waals surface area contributed by atoms with Crippen LogP contribution in [0.2, 0.25) is 0 Å².